The van der Waals surface area contributed by atoms with E-state index < -0.39 is 79.6 Å². The fourth-order valence-electron chi connectivity index (χ4n) is 6.02. The lowest BCUT2D eigenvalue weighted by molar-refractivity contribution is -0.131. The van der Waals surface area contributed by atoms with Crippen LogP contribution in [0.1, 0.15) is 99.7 Å². The third kappa shape index (κ3) is 10.8. The summed E-state index contributed by atoms with van der Waals surface area (Å²) in [6, 6.07) is 2.42. The third-order valence-electron chi connectivity index (χ3n) is 9.67. The molecule has 2 aliphatic rings. The lowest BCUT2D eigenvalue weighted by Crippen LogP contribution is -2.56. The van der Waals surface area contributed by atoms with Crippen LogP contribution in [0, 0.1) is 17.3 Å². The van der Waals surface area contributed by atoms with Gasteiger partial charge in [0.15, 0.2) is 11.5 Å². The lowest BCUT2D eigenvalue weighted by atomic mass is 9.86. The number of hydrogen-bond acceptors (Lipinski definition) is 12. The van der Waals surface area contributed by atoms with Gasteiger partial charge < -0.3 is 34.9 Å². The molecule has 2 aromatic rings. The molecule has 56 heavy (non-hydrogen) atoms. The highest BCUT2D eigenvalue weighted by molar-refractivity contribution is 7.90. The van der Waals surface area contributed by atoms with E-state index in [1.54, 1.807) is 60.6 Å². The first-order valence-corrected chi connectivity index (χ1v) is 20.4. The van der Waals surface area contributed by atoms with Gasteiger partial charge >= 0.3 is 6.09 Å². The molecule has 0 bridgehead atoms. The molecular formula is C39H58N6O10S. The molecule has 5 atom stereocenters. The summed E-state index contributed by atoms with van der Waals surface area (Å²) in [5.74, 6) is -1.40. The Morgan fingerprint density at radius 2 is 1.61 bits per heavy atom. The number of benzene rings is 1. The van der Waals surface area contributed by atoms with E-state index in [2.05, 4.69) is 27.3 Å². The number of carbonyl (C=O) groups excluding carboxylic acids is 4. The van der Waals surface area contributed by atoms with Crippen LogP contribution < -0.4 is 34.9 Å². The number of alkyl carbamates (subject to hydrolysis) is 1. The van der Waals surface area contributed by atoms with Crippen LogP contribution in [0.25, 0.3) is 10.9 Å². The zero-order chi connectivity index (χ0) is 42.0. The second kappa shape index (κ2) is 16.8. The number of ether oxygens (including phenoxy) is 4. The van der Waals surface area contributed by atoms with Gasteiger partial charge in [0, 0.05) is 23.8 Å². The maximum absolute atomic E-state index is 13.8. The molecule has 1 heterocycles. The monoisotopic (exact) mass is 802 g/mol. The topological polar surface area (TPSA) is 213 Å². The first-order valence-electron chi connectivity index (χ1n) is 18.8. The van der Waals surface area contributed by atoms with Gasteiger partial charge in [0.25, 0.3) is 5.91 Å². The maximum Gasteiger partial charge on any atom is 0.408 e. The Morgan fingerprint density at radius 1 is 0.982 bits per heavy atom. The minimum atomic E-state index is -3.97. The van der Waals surface area contributed by atoms with Gasteiger partial charge in [-0.1, -0.05) is 33.8 Å². The maximum atomic E-state index is 13.8. The number of amides is 4. The van der Waals surface area contributed by atoms with Crippen molar-refractivity contribution in [3.05, 3.63) is 30.6 Å². The number of fused-ring (bicyclic) bond motifs is 1. The molecule has 1 aromatic carbocycles. The van der Waals surface area contributed by atoms with Crippen molar-refractivity contribution in [1.29, 1.82) is 0 Å². The van der Waals surface area contributed by atoms with Crippen LogP contribution in [0.3, 0.4) is 0 Å². The van der Waals surface area contributed by atoms with Crippen molar-refractivity contribution >= 4 is 44.7 Å². The average molecular weight is 803 g/mol. The molecule has 2 aliphatic carbocycles. The average Bonchev–Trinajstić information content (AvgIpc) is 4.03. The highest BCUT2D eigenvalue weighted by Gasteiger charge is 2.60. The van der Waals surface area contributed by atoms with Gasteiger partial charge in [0.2, 0.25) is 27.7 Å². The van der Waals surface area contributed by atoms with Gasteiger partial charge in [-0.15, -0.1) is 6.58 Å². The van der Waals surface area contributed by atoms with Crippen LogP contribution in [0.4, 0.5) is 4.79 Å². The summed E-state index contributed by atoms with van der Waals surface area (Å²) in [6.07, 6.45) is 1.87. The van der Waals surface area contributed by atoms with Crippen molar-refractivity contribution < 1.29 is 46.5 Å². The molecule has 0 aliphatic heterocycles. The first-order chi connectivity index (χ1) is 25.9. The van der Waals surface area contributed by atoms with E-state index in [4.69, 9.17) is 28.9 Å². The highest BCUT2D eigenvalue weighted by atomic mass is 32.2. The predicted octanol–water partition coefficient (Wildman–Crippen LogP) is 4.27. The number of hydrogen-bond donors (Lipinski definition) is 4. The number of sulfonamides is 1. The summed E-state index contributed by atoms with van der Waals surface area (Å²) in [7, 11) is -0.950. The third-order valence-corrected chi connectivity index (χ3v) is 11.4. The number of methoxy groups -OCH3 is 2. The van der Waals surface area contributed by atoms with E-state index in [0.717, 1.165) is 12.8 Å². The summed E-state index contributed by atoms with van der Waals surface area (Å²) in [5, 5.41) is 8.00. The summed E-state index contributed by atoms with van der Waals surface area (Å²) < 4.78 is 50.3. The zero-order valence-electron chi connectivity index (χ0n) is 34.3. The molecule has 4 amide bonds. The lowest BCUT2D eigenvalue weighted by Gasteiger charge is -2.32. The fraction of sp³-hybridized carbons (Fsp3) is 0.641. The van der Waals surface area contributed by atoms with E-state index in [1.807, 2.05) is 0 Å². The number of nitrogens with one attached hydrogen (secondary N) is 4. The zero-order valence-corrected chi connectivity index (χ0v) is 35.1. The number of rotatable bonds is 17. The quantitative estimate of drug-likeness (QED) is 0.165. The van der Waals surface area contributed by atoms with Gasteiger partial charge in [-0.2, -0.15) is 4.98 Å². The number of nitrogens with zero attached hydrogens (tertiary/aromatic N) is 2. The molecule has 2 saturated carbocycles. The van der Waals surface area contributed by atoms with Gasteiger partial charge in [-0.05, 0) is 71.8 Å². The van der Waals surface area contributed by atoms with Crippen molar-refractivity contribution in [2.45, 2.75) is 122 Å². The van der Waals surface area contributed by atoms with E-state index in [1.165, 1.54) is 34.1 Å². The predicted molar refractivity (Wildman–Crippen MR) is 210 cm³/mol. The summed E-state index contributed by atoms with van der Waals surface area (Å²) >= 11 is 0. The highest BCUT2D eigenvalue weighted by Crippen LogP contribution is 2.45. The van der Waals surface area contributed by atoms with Crippen LogP contribution in [0.15, 0.2) is 24.8 Å². The van der Waals surface area contributed by atoms with Crippen LogP contribution in [-0.2, 0) is 29.1 Å². The Morgan fingerprint density at radius 3 is 2.12 bits per heavy atom. The van der Waals surface area contributed by atoms with E-state index in [9.17, 15) is 27.6 Å². The SMILES string of the molecule is C=CC1CC1(NC(=O)[C@@H](C)C[C@H](CNC(=O)[C@@H](NC(=O)OC(C)(C)C)C(C)(C)C)Oc1nc(C2CC2)nc2cc(OC)c(OC)cc12)C(=O)NS(=O)(=O)C(C)C. The molecule has 0 radical (unpaired) electrons. The fourth-order valence-corrected chi connectivity index (χ4v) is 6.70. The molecule has 2 unspecified atom stereocenters. The summed E-state index contributed by atoms with van der Waals surface area (Å²) in [4.78, 5) is 63.3. The molecule has 4 N–H and O–H groups in total. The number of aromatic nitrogens is 2. The van der Waals surface area contributed by atoms with Crippen LogP contribution in [-0.4, -0.2) is 91.5 Å². The minimum Gasteiger partial charge on any atom is -0.493 e. The Kier molecular flexibility index (Phi) is 13.2. The molecule has 1 aromatic heterocycles. The molecular weight excluding hydrogens is 745 g/mol. The van der Waals surface area contributed by atoms with Crippen LogP contribution in [0.5, 0.6) is 17.4 Å². The van der Waals surface area contributed by atoms with Crippen LogP contribution in [0.2, 0.25) is 0 Å². The molecule has 2 fully saturated rings. The Labute approximate surface area is 329 Å². The minimum absolute atomic E-state index is 0.0179. The Hall–Kier alpha value is -4.67. The largest absolute Gasteiger partial charge is 0.493 e. The normalized spacial score (nSPS) is 19.9. The molecule has 4 rings (SSSR count). The number of carbonyl (C=O) groups is 4. The van der Waals surface area contributed by atoms with Gasteiger partial charge in [0.1, 0.15) is 29.1 Å². The first kappa shape index (κ1) is 44.0. The van der Waals surface area contributed by atoms with Crippen molar-refractivity contribution in [3.63, 3.8) is 0 Å². The molecule has 0 saturated heterocycles. The Balaban J connectivity index is 1.66. The molecule has 16 nitrogen and oxygen atoms in total. The van der Waals surface area contributed by atoms with E-state index in [-0.39, 0.29) is 31.2 Å². The molecule has 310 valence electrons. The van der Waals surface area contributed by atoms with Crippen molar-refractivity contribution in [3.8, 4) is 17.4 Å². The smallest absolute Gasteiger partial charge is 0.408 e. The van der Waals surface area contributed by atoms with Gasteiger partial charge in [-0.3, -0.25) is 19.1 Å². The summed E-state index contributed by atoms with van der Waals surface area (Å²) in [5.41, 5.74) is -2.47. The van der Waals surface area contributed by atoms with Crippen molar-refractivity contribution in [1.82, 2.24) is 30.6 Å². The standard InChI is InChI=1S/C39H58N6O10S/c1-13-24-19-39(24,35(48)45-56(50,51)21(2)3)44-32(46)22(4)16-25(20-40-33(47)30(37(5,6)7)42-36(49)55-38(8,9)10)54-34-26-17-28(52-11)29(53-12)18-27(26)41-31(43-34)23-14-15-23/h13,17-18,21-25,30H,1,14-16,19-20H2,2-12H3,(H,40,47)(H,42,49)(H,44,46)(H,45,48)/t22-,24?,25+,30+,39?/m0/s1. The summed E-state index contributed by atoms with van der Waals surface area (Å²) in [6.45, 7) is 18.7. The van der Waals surface area contributed by atoms with Gasteiger partial charge in [-0.25, -0.2) is 18.2 Å². The second-order valence-corrected chi connectivity index (χ2v) is 19.2. The molecule has 17 heteroatoms. The van der Waals surface area contributed by atoms with Gasteiger partial charge in [0.05, 0.1) is 36.9 Å². The van der Waals surface area contributed by atoms with Crippen molar-refractivity contribution in [2.24, 2.45) is 17.3 Å². The van der Waals surface area contributed by atoms with Crippen molar-refractivity contribution in [2.75, 3.05) is 20.8 Å². The Bertz CT molecular complexity index is 1940. The second-order valence-electron chi connectivity index (χ2n) is 17.0. The van der Waals surface area contributed by atoms with E-state index >= 15 is 0 Å². The van der Waals surface area contributed by atoms with Crippen LogP contribution >= 0.6 is 0 Å². The molecule has 0 spiro atoms. The van der Waals surface area contributed by atoms with E-state index in [0.29, 0.717) is 28.2 Å².